The van der Waals surface area contributed by atoms with E-state index >= 15 is 0 Å². The highest BCUT2D eigenvalue weighted by atomic mass is 16.5. The summed E-state index contributed by atoms with van der Waals surface area (Å²) in [5, 5.41) is 0. The van der Waals surface area contributed by atoms with Crippen LogP contribution < -0.4 is 0 Å². The van der Waals surface area contributed by atoms with Crippen LogP contribution in [0.3, 0.4) is 0 Å². The van der Waals surface area contributed by atoms with Crippen LogP contribution >= 0.6 is 0 Å². The van der Waals surface area contributed by atoms with E-state index in [2.05, 4.69) is 13.5 Å². The molecule has 0 aromatic heterocycles. The standard InChI is InChI=1S/C12H20O2/c1-4-14-12(13)10(3)11-7-5-9(2)6-8-11/h9,11H,3-8H2,1-2H3. The van der Waals surface area contributed by atoms with E-state index in [1.807, 2.05) is 6.92 Å². The van der Waals surface area contributed by atoms with Crippen molar-refractivity contribution in [3.05, 3.63) is 12.2 Å². The van der Waals surface area contributed by atoms with Crippen LogP contribution in [0.4, 0.5) is 0 Å². The summed E-state index contributed by atoms with van der Waals surface area (Å²) < 4.78 is 4.95. The van der Waals surface area contributed by atoms with Crippen LogP contribution in [0, 0.1) is 11.8 Å². The quantitative estimate of drug-likeness (QED) is 0.512. The summed E-state index contributed by atoms with van der Waals surface area (Å²) in [4.78, 5) is 11.4. The molecule has 0 amide bonds. The van der Waals surface area contributed by atoms with E-state index in [0.717, 1.165) is 18.8 Å². The third-order valence-electron chi connectivity index (χ3n) is 3.05. The van der Waals surface area contributed by atoms with Crippen molar-refractivity contribution in [3.63, 3.8) is 0 Å². The first kappa shape index (κ1) is 11.3. The van der Waals surface area contributed by atoms with Gasteiger partial charge in [-0.15, -0.1) is 0 Å². The normalized spacial score (nSPS) is 27.0. The highest BCUT2D eigenvalue weighted by Gasteiger charge is 2.24. The molecule has 0 saturated heterocycles. The second kappa shape index (κ2) is 5.18. The molecule has 0 bridgehead atoms. The predicted octanol–water partition coefficient (Wildman–Crippen LogP) is 2.93. The van der Waals surface area contributed by atoms with Gasteiger partial charge in [0.05, 0.1) is 6.61 Å². The molecule has 80 valence electrons. The van der Waals surface area contributed by atoms with Crippen LogP contribution in [-0.2, 0) is 9.53 Å². The van der Waals surface area contributed by atoms with Crippen molar-refractivity contribution in [2.75, 3.05) is 6.61 Å². The van der Waals surface area contributed by atoms with Gasteiger partial charge in [0.1, 0.15) is 0 Å². The summed E-state index contributed by atoms with van der Waals surface area (Å²) in [7, 11) is 0. The molecule has 0 spiro atoms. The van der Waals surface area contributed by atoms with Gasteiger partial charge in [0.25, 0.3) is 0 Å². The molecule has 1 aliphatic carbocycles. The Morgan fingerprint density at radius 1 is 1.36 bits per heavy atom. The SMILES string of the molecule is C=C(C(=O)OCC)C1CCC(C)CC1. The highest BCUT2D eigenvalue weighted by Crippen LogP contribution is 2.32. The third kappa shape index (κ3) is 2.86. The number of rotatable bonds is 3. The fourth-order valence-corrected chi connectivity index (χ4v) is 2.00. The maximum atomic E-state index is 11.4. The Morgan fingerprint density at radius 3 is 2.43 bits per heavy atom. The van der Waals surface area contributed by atoms with Gasteiger partial charge in [0.2, 0.25) is 0 Å². The monoisotopic (exact) mass is 196 g/mol. The van der Waals surface area contributed by atoms with Gasteiger partial charge in [-0.3, -0.25) is 0 Å². The molecule has 0 radical (unpaired) electrons. The Labute approximate surface area is 86.3 Å². The molecular formula is C12H20O2. The number of carbonyl (C=O) groups is 1. The Bertz CT molecular complexity index is 212. The lowest BCUT2D eigenvalue weighted by Crippen LogP contribution is -2.20. The number of hydrogen-bond acceptors (Lipinski definition) is 2. The fraction of sp³-hybridized carbons (Fsp3) is 0.750. The summed E-state index contributed by atoms with van der Waals surface area (Å²) in [6.07, 6.45) is 4.61. The minimum absolute atomic E-state index is 0.202. The van der Waals surface area contributed by atoms with E-state index in [4.69, 9.17) is 4.74 Å². The minimum atomic E-state index is -0.202. The second-order valence-electron chi connectivity index (χ2n) is 4.20. The molecule has 1 rings (SSSR count). The zero-order valence-corrected chi connectivity index (χ0v) is 9.21. The molecule has 1 fully saturated rings. The van der Waals surface area contributed by atoms with Gasteiger partial charge in [0, 0.05) is 5.57 Å². The average molecular weight is 196 g/mol. The molecule has 2 nitrogen and oxygen atoms in total. The maximum Gasteiger partial charge on any atom is 0.333 e. The van der Waals surface area contributed by atoms with E-state index in [1.165, 1.54) is 12.8 Å². The van der Waals surface area contributed by atoms with Crippen molar-refractivity contribution in [3.8, 4) is 0 Å². The van der Waals surface area contributed by atoms with Gasteiger partial charge in [-0.2, -0.15) is 0 Å². The molecule has 1 saturated carbocycles. The average Bonchev–Trinajstić information content (AvgIpc) is 2.18. The zero-order valence-electron chi connectivity index (χ0n) is 9.21. The molecule has 0 unspecified atom stereocenters. The fourth-order valence-electron chi connectivity index (χ4n) is 2.00. The summed E-state index contributed by atoms with van der Waals surface area (Å²) >= 11 is 0. The van der Waals surface area contributed by atoms with E-state index in [9.17, 15) is 4.79 Å². The molecule has 0 atom stereocenters. The summed E-state index contributed by atoms with van der Waals surface area (Å²) in [6, 6.07) is 0. The van der Waals surface area contributed by atoms with Crippen molar-refractivity contribution in [1.82, 2.24) is 0 Å². The third-order valence-corrected chi connectivity index (χ3v) is 3.05. The molecule has 0 N–H and O–H groups in total. The van der Waals surface area contributed by atoms with E-state index in [0.29, 0.717) is 18.1 Å². The van der Waals surface area contributed by atoms with Gasteiger partial charge >= 0.3 is 5.97 Å². The highest BCUT2D eigenvalue weighted by molar-refractivity contribution is 5.88. The lowest BCUT2D eigenvalue weighted by atomic mass is 9.79. The topological polar surface area (TPSA) is 26.3 Å². The minimum Gasteiger partial charge on any atom is -0.463 e. The van der Waals surface area contributed by atoms with E-state index < -0.39 is 0 Å². The Kier molecular flexibility index (Phi) is 4.18. The molecular weight excluding hydrogens is 176 g/mol. The molecule has 0 aromatic carbocycles. The van der Waals surface area contributed by atoms with Gasteiger partial charge in [-0.05, 0) is 31.6 Å². The Balaban J connectivity index is 2.41. The van der Waals surface area contributed by atoms with Gasteiger partial charge < -0.3 is 4.74 Å². The first-order chi connectivity index (χ1) is 6.65. The van der Waals surface area contributed by atoms with E-state index in [-0.39, 0.29) is 5.97 Å². The van der Waals surface area contributed by atoms with E-state index in [1.54, 1.807) is 0 Å². The lowest BCUT2D eigenvalue weighted by Gasteiger charge is -2.26. The first-order valence-electron chi connectivity index (χ1n) is 5.51. The lowest BCUT2D eigenvalue weighted by molar-refractivity contribution is -0.139. The van der Waals surface area contributed by atoms with Crippen molar-refractivity contribution in [1.29, 1.82) is 0 Å². The smallest absolute Gasteiger partial charge is 0.333 e. The first-order valence-corrected chi connectivity index (χ1v) is 5.51. The van der Waals surface area contributed by atoms with Crippen LogP contribution in [0.25, 0.3) is 0 Å². The van der Waals surface area contributed by atoms with Crippen molar-refractivity contribution >= 4 is 5.97 Å². The predicted molar refractivity (Wildman–Crippen MR) is 56.9 cm³/mol. The summed E-state index contributed by atoms with van der Waals surface area (Å²) in [6.45, 7) is 8.39. The Hall–Kier alpha value is -0.790. The Morgan fingerprint density at radius 2 is 1.93 bits per heavy atom. The van der Waals surface area contributed by atoms with Crippen molar-refractivity contribution < 1.29 is 9.53 Å². The molecule has 0 aliphatic heterocycles. The number of carbonyl (C=O) groups excluding carboxylic acids is 1. The molecule has 0 heterocycles. The van der Waals surface area contributed by atoms with Gasteiger partial charge in [-0.25, -0.2) is 4.79 Å². The van der Waals surface area contributed by atoms with Crippen LogP contribution in [0.5, 0.6) is 0 Å². The van der Waals surface area contributed by atoms with Crippen LogP contribution in [0.1, 0.15) is 39.5 Å². The molecule has 1 aliphatic rings. The number of hydrogen-bond donors (Lipinski definition) is 0. The van der Waals surface area contributed by atoms with Crippen molar-refractivity contribution in [2.24, 2.45) is 11.8 Å². The van der Waals surface area contributed by atoms with Crippen LogP contribution in [0.2, 0.25) is 0 Å². The number of esters is 1. The molecule has 2 heteroatoms. The summed E-state index contributed by atoms with van der Waals surface area (Å²) in [5.74, 6) is 0.971. The maximum absolute atomic E-state index is 11.4. The molecule has 0 aromatic rings. The zero-order chi connectivity index (χ0) is 10.6. The molecule has 14 heavy (non-hydrogen) atoms. The second-order valence-corrected chi connectivity index (χ2v) is 4.20. The van der Waals surface area contributed by atoms with Gasteiger partial charge in [0.15, 0.2) is 0 Å². The summed E-state index contributed by atoms with van der Waals surface area (Å²) in [5.41, 5.74) is 0.679. The van der Waals surface area contributed by atoms with Crippen LogP contribution in [-0.4, -0.2) is 12.6 Å². The van der Waals surface area contributed by atoms with Crippen molar-refractivity contribution in [2.45, 2.75) is 39.5 Å². The van der Waals surface area contributed by atoms with Gasteiger partial charge in [-0.1, -0.05) is 26.3 Å². The largest absolute Gasteiger partial charge is 0.463 e. The number of ether oxygens (including phenoxy) is 1. The van der Waals surface area contributed by atoms with Crippen LogP contribution in [0.15, 0.2) is 12.2 Å².